The predicted molar refractivity (Wildman–Crippen MR) is 138 cm³/mol. The molecule has 0 aromatic carbocycles. The van der Waals surface area contributed by atoms with Crippen LogP contribution in [0.15, 0.2) is 67.5 Å². The van der Waals surface area contributed by atoms with Crippen LogP contribution in [0.2, 0.25) is 0 Å². The molecule has 1 aliphatic rings. The minimum Gasteiger partial charge on any atom is -0.335 e. The Morgan fingerprint density at radius 1 is 0.868 bits per heavy atom. The smallest absolute Gasteiger partial charge is 0.261 e. The van der Waals surface area contributed by atoms with Crippen molar-refractivity contribution in [3.05, 3.63) is 73.1 Å². The molecule has 0 bridgehead atoms. The van der Waals surface area contributed by atoms with Crippen molar-refractivity contribution in [2.75, 3.05) is 13.1 Å². The normalized spacial score (nSPS) is 15.5. The number of fused-ring (bicyclic) bond motifs is 2. The highest BCUT2D eigenvalue weighted by atomic mass is 19.3. The average molecular weight is 510 g/mol. The molecule has 6 aromatic rings. The molecule has 11 heteroatoms. The number of rotatable bonds is 5. The van der Waals surface area contributed by atoms with Gasteiger partial charge in [0, 0.05) is 61.6 Å². The van der Waals surface area contributed by atoms with E-state index >= 15 is 0 Å². The predicted octanol–water partition coefficient (Wildman–Crippen LogP) is 4.86. The number of aromatic nitrogens is 8. The number of aromatic amines is 2. The van der Waals surface area contributed by atoms with E-state index in [2.05, 4.69) is 30.1 Å². The van der Waals surface area contributed by atoms with Gasteiger partial charge in [0.05, 0.1) is 35.0 Å². The number of H-pyrrole nitrogens is 2. The Bertz CT molecular complexity index is 1780. The number of hydrogen-bond donors (Lipinski definition) is 2. The largest absolute Gasteiger partial charge is 0.335 e. The van der Waals surface area contributed by atoms with Gasteiger partial charge in [0.15, 0.2) is 11.5 Å². The van der Waals surface area contributed by atoms with E-state index in [-0.39, 0.29) is 13.0 Å². The van der Waals surface area contributed by atoms with E-state index in [0.717, 1.165) is 38.8 Å². The van der Waals surface area contributed by atoms with Crippen LogP contribution in [0.25, 0.3) is 56.0 Å². The second-order valence-electron chi connectivity index (χ2n) is 9.47. The Morgan fingerprint density at radius 2 is 1.74 bits per heavy atom. The number of halogens is 2. The topological polar surface area (TPSA) is 112 Å². The van der Waals surface area contributed by atoms with Gasteiger partial charge in [-0.25, -0.2) is 18.7 Å². The van der Waals surface area contributed by atoms with Crippen molar-refractivity contribution >= 4 is 22.1 Å². The summed E-state index contributed by atoms with van der Waals surface area (Å²) in [5.41, 5.74) is 7.79. The number of hydrogen-bond acceptors (Lipinski definition) is 7. The van der Waals surface area contributed by atoms with E-state index in [4.69, 9.17) is 9.97 Å². The summed E-state index contributed by atoms with van der Waals surface area (Å²) in [7, 11) is 0. The minimum atomic E-state index is -2.62. The Labute approximate surface area is 215 Å². The van der Waals surface area contributed by atoms with Gasteiger partial charge < -0.3 is 4.98 Å². The van der Waals surface area contributed by atoms with Gasteiger partial charge in [0.2, 0.25) is 0 Å². The number of alkyl halides is 2. The summed E-state index contributed by atoms with van der Waals surface area (Å²) in [6, 6.07) is 9.58. The number of imidazole rings is 1. The maximum Gasteiger partial charge on any atom is 0.261 e. The molecule has 0 radical (unpaired) electrons. The standard InChI is InChI=1S/C27H21F2N9/c28-27(29)5-8-38(15-27)14-16-9-18(11-31-10-16)20-1-2-21-24(33-20)25(37-36-21)26-34-22-13-32-12-19(23(22)35-26)17-3-6-30-7-4-17/h1-4,6-7,9-13H,5,8,14-15H2,(H,34,35)(H,36,37). The minimum absolute atomic E-state index is 0.108. The molecule has 7 rings (SSSR count). The summed E-state index contributed by atoms with van der Waals surface area (Å²) < 4.78 is 27.2. The summed E-state index contributed by atoms with van der Waals surface area (Å²) in [4.78, 5) is 27.6. The SMILES string of the molecule is FC1(F)CCN(Cc2cncc(-c3ccc4[nH]nc(-c5nc6c(-c7ccncc7)cncc6[nH]5)c4n3)c2)C1. The van der Waals surface area contributed by atoms with Crippen molar-refractivity contribution in [2.24, 2.45) is 0 Å². The maximum atomic E-state index is 13.6. The molecule has 1 saturated heterocycles. The van der Waals surface area contributed by atoms with Crippen LogP contribution in [0.1, 0.15) is 12.0 Å². The molecule has 0 unspecified atom stereocenters. The fourth-order valence-electron chi connectivity index (χ4n) is 4.93. The average Bonchev–Trinajstić information content (AvgIpc) is 3.64. The number of pyridine rings is 4. The third-order valence-corrected chi connectivity index (χ3v) is 6.76. The molecule has 0 spiro atoms. The lowest BCUT2D eigenvalue weighted by molar-refractivity contribution is 0.0115. The third kappa shape index (κ3) is 4.06. The number of nitrogens with one attached hydrogen (secondary N) is 2. The van der Waals surface area contributed by atoms with Gasteiger partial charge in [0.1, 0.15) is 5.52 Å². The molecule has 0 aliphatic carbocycles. The summed E-state index contributed by atoms with van der Waals surface area (Å²) >= 11 is 0. The Hall–Kier alpha value is -4.64. The van der Waals surface area contributed by atoms with Gasteiger partial charge in [-0.15, -0.1) is 0 Å². The molecule has 0 amide bonds. The van der Waals surface area contributed by atoms with Crippen LogP contribution < -0.4 is 0 Å². The van der Waals surface area contributed by atoms with Crippen molar-refractivity contribution in [3.8, 4) is 33.9 Å². The summed E-state index contributed by atoms with van der Waals surface area (Å²) in [5, 5.41) is 7.53. The monoisotopic (exact) mass is 509 g/mol. The molecule has 188 valence electrons. The van der Waals surface area contributed by atoms with Crippen molar-refractivity contribution in [2.45, 2.75) is 18.9 Å². The van der Waals surface area contributed by atoms with Gasteiger partial charge in [-0.1, -0.05) is 0 Å². The molecule has 38 heavy (non-hydrogen) atoms. The highest BCUT2D eigenvalue weighted by Gasteiger charge is 2.37. The zero-order chi connectivity index (χ0) is 25.7. The molecule has 1 fully saturated rings. The van der Waals surface area contributed by atoms with Gasteiger partial charge in [0.25, 0.3) is 5.92 Å². The third-order valence-electron chi connectivity index (χ3n) is 6.76. The highest BCUT2D eigenvalue weighted by Crippen LogP contribution is 2.32. The Morgan fingerprint density at radius 3 is 2.58 bits per heavy atom. The van der Waals surface area contributed by atoms with Crippen molar-refractivity contribution in [3.63, 3.8) is 0 Å². The molecule has 6 aromatic heterocycles. The summed E-state index contributed by atoms with van der Waals surface area (Å²) in [5.74, 6) is -2.05. The van der Waals surface area contributed by atoms with Crippen molar-refractivity contribution in [1.82, 2.24) is 45.0 Å². The first-order chi connectivity index (χ1) is 18.5. The van der Waals surface area contributed by atoms with Crippen LogP contribution in [0.5, 0.6) is 0 Å². The second-order valence-corrected chi connectivity index (χ2v) is 9.47. The molecule has 7 heterocycles. The van der Waals surface area contributed by atoms with Gasteiger partial charge in [-0.3, -0.25) is 25.0 Å². The van der Waals surface area contributed by atoms with E-state index in [1.807, 2.05) is 30.3 Å². The second kappa shape index (κ2) is 8.73. The Kier molecular flexibility index (Phi) is 5.18. The fraction of sp³-hybridized carbons (Fsp3) is 0.185. The number of nitrogens with zero attached hydrogens (tertiary/aromatic N) is 7. The van der Waals surface area contributed by atoms with Crippen LogP contribution >= 0.6 is 0 Å². The quantitative estimate of drug-likeness (QED) is 0.341. The molecular formula is C27H21F2N9. The first-order valence-electron chi connectivity index (χ1n) is 12.2. The van der Waals surface area contributed by atoms with Crippen molar-refractivity contribution < 1.29 is 8.78 Å². The van der Waals surface area contributed by atoms with E-state index in [0.29, 0.717) is 35.8 Å². The molecule has 1 aliphatic heterocycles. The van der Waals surface area contributed by atoms with Crippen LogP contribution in [0.3, 0.4) is 0 Å². The zero-order valence-electron chi connectivity index (χ0n) is 20.1. The summed E-state index contributed by atoms with van der Waals surface area (Å²) in [6.45, 7) is 0.563. The van der Waals surface area contributed by atoms with E-state index in [9.17, 15) is 8.78 Å². The lowest BCUT2D eigenvalue weighted by atomic mass is 10.1. The van der Waals surface area contributed by atoms with E-state index in [1.165, 1.54) is 0 Å². The van der Waals surface area contributed by atoms with Gasteiger partial charge in [-0.2, -0.15) is 5.10 Å². The highest BCUT2D eigenvalue weighted by molar-refractivity contribution is 5.95. The first kappa shape index (κ1) is 22.5. The maximum absolute atomic E-state index is 13.6. The van der Waals surface area contributed by atoms with Crippen LogP contribution in [-0.4, -0.2) is 64.0 Å². The first-order valence-corrected chi connectivity index (χ1v) is 12.2. The van der Waals surface area contributed by atoms with Crippen LogP contribution in [0.4, 0.5) is 8.78 Å². The summed E-state index contributed by atoms with van der Waals surface area (Å²) in [6.07, 6.45) is 10.3. The van der Waals surface area contributed by atoms with Crippen molar-refractivity contribution in [1.29, 1.82) is 0 Å². The molecule has 0 saturated carbocycles. The molecule has 2 N–H and O–H groups in total. The molecular weight excluding hydrogens is 488 g/mol. The fourth-order valence-corrected chi connectivity index (χ4v) is 4.93. The van der Waals surface area contributed by atoms with E-state index < -0.39 is 5.92 Å². The van der Waals surface area contributed by atoms with Crippen LogP contribution in [0, 0.1) is 0 Å². The molecule has 9 nitrogen and oxygen atoms in total. The van der Waals surface area contributed by atoms with Gasteiger partial charge >= 0.3 is 0 Å². The lowest BCUT2D eigenvalue weighted by Crippen LogP contribution is -2.24. The Balaban J connectivity index is 1.24. The number of likely N-dealkylation sites (tertiary alicyclic amines) is 1. The zero-order valence-corrected chi connectivity index (χ0v) is 20.1. The van der Waals surface area contributed by atoms with Gasteiger partial charge in [-0.05, 0) is 41.5 Å². The van der Waals surface area contributed by atoms with E-state index in [1.54, 1.807) is 42.1 Å². The lowest BCUT2D eigenvalue weighted by Gasteiger charge is -2.15. The van der Waals surface area contributed by atoms with Crippen LogP contribution in [-0.2, 0) is 6.54 Å². The molecule has 0 atom stereocenters.